The Morgan fingerprint density at radius 1 is 0.571 bits per heavy atom. The van der Waals surface area contributed by atoms with Crippen molar-refractivity contribution in [2.24, 2.45) is 0 Å². The highest BCUT2D eigenvalue weighted by Gasteiger charge is 2.03. The first-order valence-electron chi connectivity index (χ1n) is 5.08. The molecule has 86 valence electrons. The van der Waals surface area contributed by atoms with Crippen LogP contribution in [0.1, 0.15) is 0 Å². The van der Waals surface area contributed by atoms with Crippen molar-refractivity contribution in [1.82, 2.24) is 19.6 Å². The molecule has 0 heterocycles. The van der Waals surface area contributed by atoms with Crippen LogP contribution in [0.3, 0.4) is 0 Å². The van der Waals surface area contributed by atoms with Gasteiger partial charge in [-0.05, 0) is 42.3 Å². The van der Waals surface area contributed by atoms with Crippen LogP contribution in [0, 0.1) is 0 Å². The first-order valence-corrected chi connectivity index (χ1v) is 5.08. The zero-order valence-corrected chi connectivity index (χ0v) is 10.6. The van der Waals surface area contributed by atoms with Crippen LogP contribution in [0.5, 0.6) is 0 Å². The third kappa shape index (κ3) is 8.44. The maximum atomic E-state index is 2.33. The highest BCUT2D eigenvalue weighted by Crippen LogP contribution is 1.89. The summed E-state index contributed by atoms with van der Waals surface area (Å²) in [5.74, 6) is 0. The van der Waals surface area contributed by atoms with Crippen LogP contribution in [0.25, 0.3) is 0 Å². The lowest BCUT2D eigenvalue weighted by Gasteiger charge is -2.26. The average molecular weight is 202 g/mol. The number of likely N-dealkylation sites (N-methyl/N-ethyl adjacent to an activating group) is 2. The van der Waals surface area contributed by atoms with E-state index in [-0.39, 0.29) is 0 Å². The minimum absolute atomic E-state index is 1.02. The van der Waals surface area contributed by atoms with Gasteiger partial charge in [0, 0.05) is 26.4 Å². The van der Waals surface area contributed by atoms with E-state index in [0.29, 0.717) is 0 Å². The van der Waals surface area contributed by atoms with Crippen LogP contribution < -0.4 is 0 Å². The summed E-state index contributed by atoms with van der Waals surface area (Å²) in [6.45, 7) is 4.27. The zero-order valence-electron chi connectivity index (χ0n) is 10.6. The molecule has 14 heavy (non-hydrogen) atoms. The van der Waals surface area contributed by atoms with Crippen molar-refractivity contribution in [3.8, 4) is 0 Å². The Balaban J connectivity index is 3.50. The Hall–Kier alpha value is -0.160. The molecule has 0 aliphatic heterocycles. The van der Waals surface area contributed by atoms with Gasteiger partial charge in [0.25, 0.3) is 0 Å². The summed E-state index contributed by atoms with van der Waals surface area (Å²) in [6.07, 6.45) is 0. The van der Waals surface area contributed by atoms with Crippen LogP contribution in [-0.2, 0) is 0 Å². The number of rotatable bonds is 7. The van der Waals surface area contributed by atoms with Crippen molar-refractivity contribution >= 4 is 0 Å². The molecular formula is C10H26N4. The second kappa shape index (κ2) is 7.17. The van der Waals surface area contributed by atoms with Gasteiger partial charge < -0.3 is 0 Å². The van der Waals surface area contributed by atoms with Crippen LogP contribution in [0.15, 0.2) is 0 Å². The van der Waals surface area contributed by atoms with E-state index in [9.17, 15) is 0 Å². The third-order valence-electron chi connectivity index (χ3n) is 1.91. The summed E-state index contributed by atoms with van der Waals surface area (Å²) in [6, 6.07) is 0. The number of hydrogen-bond donors (Lipinski definition) is 0. The molecule has 0 bridgehead atoms. The fourth-order valence-electron chi connectivity index (χ4n) is 1.45. The number of nitrogens with zero attached hydrogens (tertiary/aromatic N) is 4. The van der Waals surface area contributed by atoms with Gasteiger partial charge in [-0.2, -0.15) is 0 Å². The second-order valence-electron chi connectivity index (χ2n) is 4.60. The Kier molecular flexibility index (Phi) is 7.09. The molecule has 0 rings (SSSR count). The molecule has 0 aromatic heterocycles. The van der Waals surface area contributed by atoms with Gasteiger partial charge in [-0.15, -0.1) is 0 Å². The van der Waals surface area contributed by atoms with Gasteiger partial charge >= 0.3 is 0 Å². The lowest BCUT2D eigenvalue weighted by atomic mass is 10.5. The van der Waals surface area contributed by atoms with Crippen molar-refractivity contribution in [3.05, 3.63) is 0 Å². The fraction of sp³-hybridized carbons (Fsp3) is 1.00. The average Bonchev–Trinajstić information content (AvgIpc) is 1.98. The monoisotopic (exact) mass is 202 g/mol. The van der Waals surface area contributed by atoms with E-state index in [1.54, 1.807) is 0 Å². The lowest BCUT2D eigenvalue weighted by molar-refractivity contribution is 0.159. The Morgan fingerprint density at radius 3 is 1.07 bits per heavy atom. The predicted molar refractivity (Wildman–Crippen MR) is 62.4 cm³/mol. The minimum Gasteiger partial charge on any atom is -0.297 e. The molecule has 4 heteroatoms. The minimum atomic E-state index is 1.02. The molecule has 0 aliphatic rings. The third-order valence-corrected chi connectivity index (χ3v) is 1.91. The zero-order chi connectivity index (χ0) is 11.1. The van der Waals surface area contributed by atoms with Crippen LogP contribution in [-0.4, -0.2) is 88.3 Å². The van der Waals surface area contributed by atoms with E-state index in [1.165, 1.54) is 0 Å². The van der Waals surface area contributed by atoms with Gasteiger partial charge in [-0.25, -0.2) is 0 Å². The van der Waals surface area contributed by atoms with E-state index >= 15 is 0 Å². The molecule has 0 fully saturated rings. The molecule has 0 aliphatic carbocycles. The van der Waals surface area contributed by atoms with Crippen LogP contribution in [0.4, 0.5) is 0 Å². The van der Waals surface area contributed by atoms with Gasteiger partial charge in [-0.3, -0.25) is 19.6 Å². The molecule has 0 aromatic carbocycles. The molecular weight excluding hydrogens is 176 g/mol. The molecule has 0 saturated heterocycles. The molecule has 0 unspecified atom stereocenters. The smallest absolute Gasteiger partial charge is 0.0498 e. The van der Waals surface area contributed by atoms with Gasteiger partial charge in [0.2, 0.25) is 0 Å². The topological polar surface area (TPSA) is 13.0 Å². The SMILES string of the molecule is CN(C)CN(C)CCN(C)CN(C)C. The molecule has 0 N–H and O–H groups in total. The summed E-state index contributed by atoms with van der Waals surface area (Å²) in [7, 11) is 12.7. The second-order valence-corrected chi connectivity index (χ2v) is 4.60. The first-order chi connectivity index (χ1) is 6.41. The fourth-order valence-corrected chi connectivity index (χ4v) is 1.45. The summed E-state index contributed by atoms with van der Waals surface area (Å²) < 4.78 is 0. The maximum absolute atomic E-state index is 2.33. The van der Waals surface area contributed by atoms with Crippen LogP contribution >= 0.6 is 0 Å². The number of hydrogen-bond acceptors (Lipinski definition) is 4. The Bertz CT molecular complexity index is 120. The van der Waals surface area contributed by atoms with Crippen LogP contribution in [0.2, 0.25) is 0 Å². The first kappa shape index (κ1) is 13.8. The normalized spacial score (nSPS) is 12.4. The summed E-state index contributed by atoms with van der Waals surface area (Å²) >= 11 is 0. The van der Waals surface area contributed by atoms with Crippen molar-refractivity contribution in [1.29, 1.82) is 0 Å². The molecule has 0 aromatic rings. The standard InChI is InChI=1S/C10H26N4/c1-11(2)9-13(5)7-8-14(6)10-12(3)4/h7-10H2,1-6H3. The Morgan fingerprint density at radius 2 is 0.857 bits per heavy atom. The Labute approximate surface area is 89.1 Å². The molecule has 0 spiro atoms. The lowest BCUT2D eigenvalue weighted by Crippen LogP contribution is -2.38. The quantitative estimate of drug-likeness (QED) is 0.534. The highest BCUT2D eigenvalue weighted by atomic mass is 15.3. The van der Waals surface area contributed by atoms with E-state index in [0.717, 1.165) is 26.4 Å². The van der Waals surface area contributed by atoms with Gasteiger partial charge in [0.15, 0.2) is 0 Å². The molecule has 0 radical (unpaired) electrons. The van der Waals surface area contributed by atoms with E-state index in [2.05, 4.69) is 61.9 Å². The van der Waals surface area contributed by atoms with Crippen molar-refractivity contribution in [2.75, 3.05) is 68.7 Å². The van der Waals surface area contributed by atoms with Crippen molar-refractivity contribution in [3.63, 3.8) is 0 Å². The molecule has 0 saturated carbocycles. The molecule has 0 atom stereocenters. The predicted octanol–water partition coefficient (Wildman–Crippen LogP) is -0.112. The van der Waals surface area contributed by atoms with E-state index in [4.69, 9.17) is 0 Å². The van der Waals surface area contributed by atoms with Gasteiger partial charge in [0.05, 0.1) is 0 Å². The van der Waals surface area contributed by atoms with Gasteiger partial charge in [-0.1, -0.05) is 0 Å². The van der Waals surface area contributed by atoms with Crippen molar-refractivity contribution < 1.29 is 0 Å². The highest BCUT2D eigenvalue weighted by molar-refractivity contribution is 4.55. The summed E-state index contributed by atoms with van der Waals surface area (Å²) in [4.78, 5) is 9.02. The molecule has 4 nitrogen and oxygen atoms in total. The van der Waals surface area contributed by atoms with E-state index < -0.39 is 0 Å². The molecule has 0 amide bonds. The maximum Gasteiger partial charge on any atom is 0.0498 e. The largest absolute Gasteiger partial charge is 0.297 e. The summed E-state index contributed by atoms with van der Waals surface area (Å²) in [5, 5.41) is 0. The van der Waals surface area contributed by atoms with Gasteiger partial charge in [0.1, 0.15) is 0 Å². The summed E-state index contributed by atoms with van der Waals surface area (Å²) in [5.41, 5.74) is 0. The van der Waals surface area contributed by atoms with Crippen molar-refractivity contribution in [2.45, 2.75) is 0 Å². The van der Waals surface area contributed by atoms with E-state index in [1.807, 2.05) is 0 Å².